The molecule has 1 N–H and O–H groups in total. The molecule has 0 aliphatic carbocycles. The average Bonchev–Trinajstić information content (AvgIpc) is 2.39. The summed E-state index contributed by atoms with van der Waals surface area (Å²) in [7, 11) is 0. The number of hydrogen-bond donors (Lipinski definition) is 1. The fraction of sp³-hybridized carbons (Fsp3) is 0.0769. The number of aromatic nitrogens is 1. The molecule has 20 heavy (non-hydrogen) atoms. The first kappa shape index (κ1) is 15.2. The van der Waals surface area contributed by atoms with Gasteiger partial charge in [-0.3, -0.25) is 4.79 Å². The van der Waals surface area contributed by atoms with Gasteiger partial charge in [0.05, 0.1) is 20.2 Å². The van der Waals surface area contributed by atoms with E-state index in [9.17, 15) is 9.18 Å². The normalized spacial score (nSPS) is 10.4. The summed E-state index contributed by atoms with van der Waals surface area (Å²) >= 11 is 14.8. The van der Waals surface area contributed by atoms with Crippen molar-refractivity contribution in [1.82, 2.24) is 4.98 Å². The van der Waals surface area contributed by atoms with Crippen LogP contribution < -0.4 is 5.32 Å². The van der Waals surface area contributed by atoms with Gasteiger partial charge in [0.15, 0.2) is 5.82 Å². The Kier molecular flexibility index (Phi) is 4.62. The number of benzene rings is 1. The van der Waals surface area contributed by atoms with E-state index in [1.807, 2.05) is 0 Å². The molecule has 0 fully saturated rings. The molecule has 2 aromatic rings. The first-order valence-electron chi connectivity index (χ1n) is 5.47. The summed E-state index contributed by atoms with van der Waals surface area (Å²) in [5.74, 6) is -0.849. The van der Waals surface area contributed by atoms with Gasteiger partial charge in [0.2, 0.25) is 0 Å². The van der Waals surface area contributed by atoms with E-state index in [2.05, 4.69) is 26.2 Å². The predicted octanol–water partition coefficient (Wildman–Crippen LogP) is 4.85. The van der Waals surface area contributed by atoms with Crippen LogP contribution in [0.2, 0.25) is 10.0 Å². The summed E-state index contributed by atoms with van der Waals surface area (Å²) in [6.45, 7) is 1.69. The van der Waals surface area contributed by atoms with Gasteiger partial charge >= 0.3 is 0 Å². The van der Waals surface area contributed by atoms with Crippen LogP contribution in [0, 0.1) is 12.7 Å². The number of halogens is 4. The molecule has 0 aliphatic rings. The first-order valence-corrected chi connectivity index (χ1v) is 7.02. The van der Waals surface area contributed by atoms with Crippen molar-refractivity contribution in [2.75, 3.05) is 5.32 Å². The lowest BCUT2D eigenvalue weighted by Gasteiger charge is -2.08. The van der Waals surface area contributed by atoms with Crippen LogP contribution in [-0.4, -0.2) is 10.9 Å². The monoisotopic (exact) mass is 376 g/mol. The molecule has 0 aliphatic heterocycles. The third-order valence-corrected chi connectivity index (χ3v) is 3.83. The van der Waals surface area contributed by atoms with Crippen LogP contribution in [0.4, 0.5) is 10.2 Å². The SMILES string of the molecule is Cc1nc(NC(=O)c2ccc(Br)c(F)c2)c(Cl)cc1Cl. The third kappa shape index (κ3) is 3.29. The highest BCUT2D eigenvalue weighted by atomic mass is 79.9. The molecule has 0 unspecified atom stereocenters. The number of anilines is 1. The van der Waals surface area contributed by atoms with Gasteiger partial charge in [0, 0.05) is 5.56 Å². The zero-order chi connectivity index (χ0) is 14.9. The van der Waals surface area contributed by atoms with E-state index in [4.69, 9.17) is 23.2 Å². The Hall–Kier alpha value is -1.17. The molecule has 0 saturated carbocycles. The van der Waals surface area contributed by atoms with Gasteiger partial charge in [-0.25, -0.2) is 9.37 Å². The maximum atomic E-state index is 13.4. The summed E-state index contributed by atoms with van der Waals surface area (Å²) < 4.78 is 13.7. The van der Waals surface area contributed by atoms with Gasteiger partial charge in [-0.05, 0) is 47.1 Å². The molecule has 0 saturated heterocycles. The Balaban J connectivity index is 2.27. The van der Waals surface area contributed by atoms with Crippen LogP contribution in [-0.2, 0) is 0 Å². The molecule has 0 atom stereocenters. The lowest BCUT2D eigenvalue weighted by atomic mass is 10.2. The molecule has 1 aromatic carbocycles. The molecule has 1 heterocycles. The minimum atomic E-state index is -0.524. The summed E-state index contributed by atoms with van der Waals surface area (Å²) in [4.78, 5) is 16.1. The van der Waals surface area contributed by atoms with Crippen molar-refractivity contribution in [3.05, 3.63) is 55.9 Å². The Bertz CT molecular complexity index is 694. The van der Waals surface area contributed by atoms with Crippen molar-refractivity contribution in [3.8, 4) is 0 Å². The van der Waals surface area contributed by atoms with Gasteiger partial charge < -0.3 is 5.32 Å². The number of carbonyl (C=O) groups excluding carboxylic acids is 1. The van der Waals surface area contributed by atoms with Crippen molar-refractivity contribution in [3.63, 3.8) is 0 Å². The van der Waals surface area contributed by atoms with Gasteiger partial charge in [0.1, 0.15) is 5.82 Å². The Morgan fingerprint density at radius 1 is 1.30 bits per heavy atom. The molecule has 0 bridgehead atoms. The van der Waals surface area contributed by atoms with Crippen molar-refractivity contribution in [2.24, 2.45) is 0 Å². The van der Waals surface area contributed by atoms with E-state index in [1.165, 1.54) is 18.2 Å². The van der Waals surface area contributed by atoms with Crippen LogP contribution in [0.5, 0.6) is 0 Å². The van der Waals surface area contributed by atoms with Gasteiger partial charge in [0.25, 0.3) is 5.91 Å². The highest BCUT2D eigenvalue weighted by Crippen LogP contribution is 2.26. The summed E-state index contributed by atoms with van der Waals surface area (Å²) in [6, 6.07) is 5.55. The van der Waals surface area contributed by atoms with E-state index in [-0.39, 0.29) is 20.9 Å². The number of nitrogens with one attached hydrogen (secondary N) is 1. The smallest absolute Gasteiger partial charge is 0.256 e. The minimum absolute atomic E-state index is 0.163. The maximum absolute atomic E-state index is 13.4. The minimum Gasteiger partial charge on any atom is -0.305 e. The number of aryl methyl sites for hydroxylation is 1. The van der Waals surface area contributed by atoms with Crippen molar-refractivity contribution < 1.29 is 9.18 Å². The summed E-state index contributed by atoms with van der Waals surface area (Å²) in [6.07, 6.45) is 0. The molecule has 2 rings (SSSR count). The number of hydrogen-bond acceptors (Lipinski definition) is 2. The van der Waals surface area contributed by atoms with Crippen LogP contribution >= 0.6 is 39.1 Å². The van der Waals surface area contributed by atoms with E-state index >= 15 is 0 Å². The summed E-state index contributed by atoms with van der Waals surface area (Å²) in [5.41, 5.74) is 0.699. The number of rotatable bonds is 2. The predicted molar refractivity (Wildman–Crippen MR) is 81.0 cm³/mol. The average molecular weight is 378 g/mol. The van der Waals surface area contributed by atoms with Gasteiger partial charge in [-0.2, -0.15) is 0 Å². The third-order valence-electron chi connectivity index (χ3n) is 2.52. The highest BCUT2D eigenvalue weighted by molar-refractivity contribution is 9.10. The van der Waals surface area contributed by atoms with Crippen LogP contribution in [0.25, 0.3) is 0 Å². The first-order chi connectivity index (χ1) is 9.38. The molecule has 104 valence electrons. The molecule has 1 aromatic heterocycles. The van der Waals surface area contributed by atoms with Crippen LogP contribution in [0.1, 0.15) is 16.1 Å². The number of amides is 1. The number of pyridine rings is 1. The standard InChI is InChI=1S/C13H8BrCl2FN2O/c1-6-9(15)5-10(16)12(18-6)19-13(20)7-2-3-8(14)11(17)4-7/h2-5H,1H3,(H,18,19,20). The van der Waals surface area contributed by atoms with Crippen molar-refractivity contribution in [1.29, 1.82) is 0 Å². The largest absolute Gasteiger partial charge is 0.305 e. The highest BCUT2D eigenvalue weighted by Gasteiger charge is 2.13. The lowest BCUT2D eigenvalue weighted by molar-refractivity contribution is 0.102. The second kappa shape index (κ2) is 6.08. The Morgan fingerprint density at radius 2 is 2.00 bits per heavy atom. The molecular formula is C13H8BrCl2FN2O. The van der Waals surface area contributed by atoms with Crippen LogP contribution in [0.3, 0.4) is 0 Å². The maximum Gasteiger partial charge on any atom is 0.256 e. The molecule has 0 spiro atoms. The van der Waals surface area contributed by atoms with Crippen molar-refractivity contribution >= 4 is 50.9 Å². The molecule has 0 radical (unpaired) electrons. The quantitative estimate of drug-likeness (QED) is 0.812. The zero-order valence-corrected chi connectivity index (χ0v) is 13.3. The number of nitrogens with zero attached hydrogens (tertiary/aromatic N) is 1. The van der Waals surface area contributed by atoms with Crippen molar-refractivity contribution in [2.45, 2.75) is 6.92 Å². The van der Waals surface area contributed by atoms with E-state index in [1.54, 1.807) is 6.92 Å². The fourth-order valence-corrected chi connectivity index (χ4v) is 2.12. The fourth-order valence-electron chi connectivity index (χ4n) is 1.46. The molecular weight excluding hydrogens is 370 g/mol. The second-order valence-corrected chi connectivity index (χ2v) is 5.64. The second-order valence-electron chi connectivity index (χ2n) is 3.97. The molecule has 1 amide bonds. The molecule has 3 nitrogen and oxygen atoms in total. The van der Waals surface area contributed by atoms with Crippen LogP contribution in [0.15, 0.2) is 28.7 Å². The summed E-state index contributed by atoms with van der Waals surface area (Å²) in [5, 5.41) is 3.14. The molecule has 7 heteroatoms. The van der Waals surface area contributed by atoms with E-state index in [0.717, 1.165) is 6.07 Å². The zero-order valence-electron chi connectivity index (χ0n) is 10.2. The van der Waals surface area contributed by atoms with Gasteiger partial charge in [-0.15, -0.1) is 0 Å². The Morgan fingerprint density at radius 3 is 2.65 bits per heavy atom. The Labute approximate surface area is 133 Å². The lowest BCUT2D eigenvalue weighted by Crippen LogP contribution is -2.14. The van der Waals surface area contributed by atoms with E-state index < -0.39 is 11.7 Å². The topological polar surface area (TPSA) is 42.0 Å². The van der Waals surface area contributed by atoms with E-state index in [0.29, 0.717) is 10.7 Å². The van der Waals surface area contributed by atoms with Gasteiger partial charge in [-0.1, -0.05) is 23.2 Å². The number of carbonyl (C=O) groups is 1.